The largest absolute Gasteiger partial charge is 0.467 e. The number of hydrogen-bond acceptors (Lipinski definition) is 4. The van der Waals surface area contributed by atoms with Gasteiger partial charge in [-0.15, -0.1) is 6.58 Å². The number of alkyl carbamates (subject to hydrolysis) is 1. The second kappa shape index (κ2) is 6.59. The molecule has 0 aromatic carbocycles. The molecule has 0 spiro atoms. The van der Waals surface area contributed by atoms with E-state index in [4.69, 9.17) is 9.47 Å². The van der Waals surface area contributed by atoms with Crippen molar-refractivity contribution in [3.8, 4) is 0 Å². The zero-order chi connectivity index (χ0) is 15.3. The lowest BCUT2D eigenvalue weighted by Gasteiger charge is -2.27. The van der Waals surface area contributed by atoms with E-state index in [1.807, 2.05) is 13.8 Å². The van der Waals surface area contributed by atoms with Gasteiger partial charge in [0.1, 0.15) is 11.6 Å². The van der Waals surface area contributed by atoms with Gasteiger partial charge >= 0.3 is 12.1 Å². The average molecular weight is 271 g/mol. The Kier molecular flexibility index (Phi) is 6.06. The Hall–Kier alpha value is -1.52. The first-order chi connectivity index (χ1) is 8.50. The van der Waals surface area contributed by atoms with Crippen molar-refractivity contribution in [2.45, 2.75) is 52.7 Å². The van der Waals surface area contributed by atoms with Crippen molar-refractivity contribution >= 4 is 12.1 Å². The Morgan fingerprint density at radius 1 is 1.26 bits per heavy atom. The lowest BCUT2D eigenvalue weighted by Crippen LogP contribution is -2.45. The average Bonchev–Trinajstić information content (AvgIpc) is 2.24. The highest BCUT2D eigenvalue weighted by atomic mass is 16.6. The van der Waals surface area contributed by atoms with E-state index in [0.717, 1.165) is 0 Å². The minimum atomic E-state index is -0.757. The Morgan fingerprint density at radius 3 is 2.16 bits per heavy atom. The van der Waals surface area contributed by atoms with E-state index in [0.29, 0.717) is 6.42 Å². The fourth-order valence-corrected chi connectivity index (χ4v) is 1.39. The predicted octanol–water partition coefficient (Wildman–Crippen LogP) is 2.66. The van der Waals surface area contributed by atoms with Crippen molar-refractivity contribution in [1.82, 2.24) is 5.32 Å². The lowest BCUT2D eigenvalue weighted by atomic mass is 9.86. The maximum Gasteiger partial charge on any atom is 0.408 e. The molecule has 0 saturated heterocycles. The fourth-order valence-electron chi connectivity index (χ4n) is 1.39. The van der Waals surface area contributed by atoms with E-state index in [1.165, 1.54) is 7.11 Å². The van der Waals surface area contributed by atoms with Crippen molar-refractivity contribution in [2.75, 3.05) is 7.11 Å². The quantitative estimate of drug-likeness (QED) is 0.616. The number of carbonyl (C=O) groups is 2. The third-order valence-electron chi connectivity index (χ3n) is 2.46. The van der Waals surface area contributed by atoms with Gasteiger partial charge in [-0.25, -0.2) is 9.59 Å². The van der Waals surface area contributed by atoms with Crippen LogP contribution < -0.4 is 5.32 Å². The molecule has 0 heterocycles. The predicted molar refractivity (Wildman–Crippen MR) is 73.8 cm³/mol. The molecule has 1 amide bonds. The summed E-state index contributed by atoms with van der Waals surface area (Å²) in [6.07, 6.45) is 1.49. The molecule has 0 rings (SSSR count). The molecule has 0 saturated carbocycles. The maximum atomic E-state index is 11.7. The summed E-state index contributed by atoms with van der Waals surface area (Å²) in [5.74, 6) is -0.499. The number of carbonyl (C=O) groups excluding carboxylic acids is 2. The first-order valence-electron chi connectivity index (χ1n) is 6.21. The molecule has 0 fully saturated rings. The van der Waals surface area contributed by atoms with Crippen LogP contribution in [0, 0.1) is 5.41 Å². The van der Waals surface area contributed by atoms with E-state index >= 15 is 0 Å². The molecule has 0 radical (unpaired) electrons. The summed E-state index contributed by atoms with van der Waals surface area (Å²) in [6, 6.07) is -0.757. The summed E-state index contributed by atoms with van der Waals surface area (Å²) in [5.41, 5.74) is -0.910. The number of amides is 1. The van der Waals surface area contributed by atoms with Crippen LogP contribution in [0.1, 0.15) is 41.0 Å². The molecule has 0 unspecified atom stereocenters. The van der Waals surface area contributed by atoms with Crippen LogP contribution in [0.25, 0.3) is 0 Å². The monoisotopic (exact) mass is 271 g/mol. The molecular formula is C14H25NO4. The standard InChI is InChI=1S/C14H25NO4/c1-8-14(5,6)9-10(11(16)18-7)15-12(17)19-13(2,3)4/h8,10H,1,9H2,2-7H3,(H,15,17)/t10-/m1/s1. The molecule has 1 N–H and O–H groups in total. The number of rotatable bonds is 5. The van der Waals surface area contributed by atoms with Crippen LogP contribution in [0.15, 0.2) is 12.7 Å². The fraction of sp³-hybridized carbons (Fsp3) is 0.714. The molecule has 1 atom stereocenters. The summed E-state index contributed by atoms with van der Waals surface area (Å²) in [7, 11) is 1.28. The van der Waals surface area contributed by atoms with Gasteiger partial charge in [-0.3, -0.25) is 0 Å². The van der Waals surface area contributed by atoms with Gasteiger partial charge < -0.3 is 14.8 Å². The molecule has 0 aromatic rings. The number of nitrogens with one attached hydrogen (secondary N) is 1. The van der Waals surface area contributed by atoms with Gasteiger partial charge in [0.25, 0.3) is 0 Å². The zero-order valence-corrected chi connectivity index (χ0v) is 12.7. The number of hydrogen-bond donors (Lipinski definition) is 1. The van der Waals surface area contributed by atoms with Crippen molar-refractivity contribution < 1.29 is 19.1 Å². The highest BCUT2D eigenvalue weighted by Gasteiger charge is 2.29. The molecule has 0 aliphatic rings. The molecular weight excluding hydrogens is 246 g/mol. The van der Waals surface area contributed by atoms with Crippen LogP contribution in [-0.2, 0) is 14.3 Å². The normalized spacial score (nSPS) is 13.4. The van der Waals surface area contributed by atoms with Crippen molar-refractivity contribution in [3.05, 3.63) is 12.7 Å². The van der Waals surface area contributed by atoms with Crippen molar-refractivity contribution in [1.29, 1.82) is 0 Å². The van der Waals surface area contributed by atoms with Gasteiger partial charge in [0, 0.05) is 0 Å². The zero-order valence-electron chi connectivity index (χ0n) is 12.7. The molecule has 19 heavy (non-hydrogen) atoms. The Balaban J connectivity index is 4.75. The maximum absolute atomic E-state index is 11.7. The van der Waals surface area contributed by atoms with E-state index in [-0.39, 0.29) is 5.41 Å². The topological polar surface area (TPSA) is 64.6 Å². The Morgan fingerprint density at radius 2 is 1.79 bits per heavy atom. The Labute approximate surface area is 115 Å². The van der Waals surface area contributed by atoms with Crippen molar-refractivity contribution in [2.24, 2.45) is 5.41 Å². The number of ether oxygens (including phenoxy) is 2. The SMILES string of the molecule is C=CC(C)(C)C[C@@H](NC(=O)OC(C)(C)C)C(=O)OC. The Bertz CT molecular complexity index is 342. The smallest absolute Gasteiger partial charge is 0.408 e. The summed E-state index contributed by atoms with van der Waals surface area (Å²) in [6.45, 7) is 12.8. The molecule has 5 heteroatoms. The molecule has 5 nitrogen and oxygen atoms in total. The van der Waals surface area contributed by atoms with Gasteiger partial charge in [-0.1, -0.05) is 19.9 Å². The molecule has 0 aromatic heterocycles. The van der Waals surface area contributed by atoms with Crippen LogP contribution in [0.2, 0.25) is 0 Å². The molecule has 110 valence electrons. The molecule has 0 aliphatic heterocycles. The minimum Gasteiger partial charge on any atom is -0.467 e. The number of methoxy groups -OCH3 is 1. The van der Waals surface area contributed by atoms with Gasteiger partial charge in [0.05, 0.1) is 7.11 Å². The van der Waals surface area contributed by atoms with Crippen LogP contribution in [0.5, 0.6) is 0 Å². The van der Waals surface area contributed by atoms with Gasteiger partial charge in [0.2, 0.25) is 0 Å². The lowest BCUT2D eigenvalue weighted by molar-refractivity contribution is -0.143. The summed E-state index contributed by atoms with van der Waals surface area (Å²) >= 11 is 0. The second-order valence-electron chi connectivity index (χ2n) is 6.12. The first-order valence-corrected chi connectivity index (χ1v) is 6.21. The van der Waals surface area contributed by atoms with E-state index in [1.54, 1.807) is 26.8 Å². The minimum absolute atomic E-state index is 0.298. The molecule has 0 aliphatic carbocycles. The highest BCUT2D eigenvalue weighted by molar-refractivity contribution is 5.81. The second-order valence-corrected chi connectivity index (χ2v) is 6.12. The van der Waals surface area contributed by atoms with E-state index < -0.39 is 23.7 Å². The van der Waals surface area contributed by atoms with Crippen LogP contribution in [0.4, 0.5) is 4.79 Å². The highest BCUT2D eigenvalue weighted by Crippen LogP contribution is 2.24. The van der Waals surface area contributed by atoms with Gasteiger partial charge in [0.15, 0.2) is 0 Å². The van der Waals surface area contributed by atoms with E-state index in [2.05, 4.69) is 11.9 Å². The van der Waals surface area contributed by atoms with Gasteiger partial charge in [-0.2, -0.15) is 0 Å². The van der Waals surface area contributed by atoms with Crippen LogP contribution in [-0.4, -0.2) is 30.8 Å². The molecule has 0 bridgehead atoms. The number of allylic oxidation sites excluding steroid dienone is 1. The third kappa shape index (κ3) is 7.49. The summed E-state index contributed by atoms with van der Waals surface area (Å²) < 4.78 is 9.82. The van der Waals surface area contributed by atoms with Crippen LogP contribution >= 0.6 is 0 Å². The third-order valence-corrected chi connectivity index (χ3v) is 2.46. The van der Waals surface area contributed by atoms with Gasteiger partial charge in [-0.05, 0) is 32.6 Å². The first kappa shape index (κ1) is 17.5. The number of esters is 1. The van der Waals surface area contributed by atoms with Crippen LogP contribution in [0.3, 0.4) is 0 Å². The van der Waals surface area contributed by atoms with E-state index in [9.17, 15) is 9.59 Å². The summed E-state index contributed by atoms with van der Waals surface area (Å²) in [5, 5.41) is 2.53. The van der Waals surface area contributed by atoms with Crippen molar-refractivity contribution in [3.63, 3.8) is 0 Å². The summed E-state index contributed by atoms with van der Waals surface area (Å²) in [4.78, 5) is 23.4.